The highest BCUT2D eigenvalue weighted by molar-refractivity contribution is 7.91. The number of hydrogen-bond acceptors (Lipinski definition) is 3. The Hall–Kier alpha value is -0.0900. The third kappa shape index (κ3) is 7.33. The predicted octanol–water partition coefficient (Wildman–Crippen LogP) is 1.58. The fraction of sp³-hybridized carbons (Fsp3) is 1.00. The quantitative estimate of drug-likeness (QED) is 0.633. The second kappa shape index (κ2) is 7.23. The van der Waals surface area contributed by atoms with Crippen molar-refractivity contribution in [3.05, 3.63) is 0 Å². The van der Waals surface area contributed by atoms with Gasteiger partial charge in [-0.15, -0.1) is 0 Å². The largest absolute Gasteiger partial charge is 0.330 e. The summed E-state index contributed by atoms with van der Waals surface area (Å²) in [6.07, 6.45) is 4.08. The van der Waals surface area contributed by atoms with E-state index < -0.39 is 9.84 Å². The van der Waals surface area contributed by atoms with Gasteiger partial charge in [0.25, 0.3) is 0 Å². The van der Waals surface area contributed by atoms with Crippen molar-refractivity contribution < 1.29 is 8.42 Å². The molecule has 0 heterocycles. The Labute approximate surface area is 88.0 Å². The van der Waals surface area contributed by atoms with Gasteiger partial charge >= 0.3 is 0 Å². The molecule has 0 aliphatic carbocycles. The van der Waals surface area contributed by atoms with Crippen LogP contribution >= 0.6 is 0 Å². The second-order valence-corrected chi connectivity index (χ2v) is 6.24. The molecule has 0 aromatic heterocycles. The molecule has 86 valence electrons. The van der Waals surface area contributed by atoms with Gasteiger partial charge in [0.1, 0.15) is 0 Å². The molecule has 1 unspecified atom stereocenters. The first-order chi connectivity index (χ1) is 6.52. The molecule has 0 aliphatic heterocycles. The lowest BCUT2D eigenvalue weighted by molar-refractivity contribution is 0.568. The molecular formula is C10H23NO2S. The fourth-order valence-corrected chi connectivity index (χ4v) is 3.15. The number of hydrogen-bond donors (Lipinski definition) is 1. The first-order valence-electron chi connectivity index (χ1n) is 5.42. The molecule has 0 aromatic carbocycles. The SMILES string of the molecule is CCCCCCS(=O)(=O)CC(C)CN. The monoisotopic (exact) mass is 221 g/mol. The molecule has 4 heteroatoms. The predicted molar refractivity (Wildman–Crippen MR) is 61.0 cm³/mol. The Morgan fingerprint density at radius 3 is 2.36 bits per heavy atom. The lowest BCUT2D eigenvalue weighted by Crippen LogP contribution is -2.22. The molecule has 0 fully saturated rings. The second-order valence-electron chi connectivity index (χ2n) is 4.02. The van der Waals surface area contributed by atoms with E-state index >= 15 is 0 Å². The Morgan fingerprint density at radius 2 is 1.86 bits per heavy atom. The zero-order valence-corrected chi connectivity index (χ0v) is 10.1. The van der Waals surface area contributed by atoms with Gasteiger partial charge in [0.05, 0.1) is 11.5 Å². The van der Waals surface area contributed by atoms with Gasteiger partial charge in [0, 0.05) is 0 Å². The molecule has 0 radical (unpaired) electrons. The third-order valence-electron chi connectivity index (χ3n) is 2.25. The highest BCUT2D eigenvalue weighted by Crippen LogP contribution is 2.06. The fourth-order valence-electron chi connectivity index (χ4n) is 1.33. The van der Waals surface area contributed by atoms with E-state index in [1.807, 2.05) is 6.92 Å². The summed E-state index contributed by atoms with van der Waals surface area (Å²) in [5.41, 5.74) is 5.39. The van der Waals surface area contributed by atoms with Crippen LogP contribution in [0.1, 0.15) is 39.5 Å². The maximum absolute atomic E-state index is 11.5. The lowest BCUT2D eigenvalue weighted by atomic mass is 10.2. The Balaban J connectivity index is 3.73. The number of nitrogens with two attached hydrogens (primary N) is 1. The van der Waals surface area contributed by atoms with Gasteiger partial charge in [-0.25, -0.2) is 8.42 Å². The van der Waals surface area contributed by atoms with Crippen molar-refractivity contribution >= 4 is 9.84 Å². The smallest absolute Gasteiger partial charge is 0.150 e. The summed E-state index contributed by atoms with van der Waals surface area (Å²) in [4.78, 5) is 0. The zero-order chi connectivity index (χ0) is 11.0. The van der Waals surface area contributed by atoms with E-state index in [1.54, 1.807) is 0 Å². The Morgan fingerprint density at radius 1 is 1.21 bits per heavy atom. The van der Waals surface area contributed by atoms with E-state index in [0.29, 0.717) is 12.3 Å². The molecule has 0 amide bonds. The number of sulfone groups is 1. The van der Waals surface area contributed by atoms with Crippen LogP contribution in [0.15, 0.2) is 0 Å². The van der Waals surface area contributed by atoms with Crippen molar-refractivity contribution in [2.24, 2.45) is 11.7 Å². The summed E-state index contributed by atoms with van der Waals surface area (Å²) in [7, 11) is -2.85. The maximum atomic E-state index is 11.5. The summed E-state index contributed by atoms with van der Waals surface area (Å²) >= 11 is 0. The zero-order valence-electron chi connectivity index (χ0n) is 9.33. The summed E-state index contributed by atoms with van der Waals surface area (Å²) in [6.45, 7) is 4.45. The van der Waals surface area contributed by atoms with Crippen molar-refractivity contribution in [1.82, 2.24) is 0 Å². The first kappa shape index (κ1) is 13.9. The Kier molecular flexibility index (Phi) is 7.19. The Bertz CT molecular complexity index is 224. The molecule has 1 atom stereocenters. The van der Waals surface area contributed by atoms with Crippen LogP contribution in [0.5, 0.6) is 0 Å². The molecule has 0 rings (SSSR count). The van der Waals surface area contributed by atoms with E-state index in [9.17, 15) is 8.42 Å². The van der Waals surface area contributed by atoms with Crippen LogP contribution in [0, 0.1) is 5.92 Å². The standard InChI is InChI=1S/C10H23NO2S/c1-3-4-5-6-7-14(12,13)9-10(2)8-11/h10H,3-9,11H2,1-2H3. The van der Waals surface area contributed by atoms with Crippen molar-refractivity contribution in [3.8, 4) is 0 Å². The average Bonchev–Trinajstić information content (AvgIpc) is 2.12. The van der Waals surface area contributed by atoms with Gasteiger partial charge in [-0.3, -0.25) is 0 Å². The van der Waals surface area contributed by atoms with Crippen LogP contribution in [-0.2, 0) is 9.84 Å². The summed E-state index contributed by atoms with van der Waals surface area (Å²) in [5, 5.41) is 0. The van der Waals surface area contributed by atoms with Crippen LogP contribution in [0.4, 0.5) is 0 Å². The highest BCUT2D eigenvalue weighted by Gasteiger charge is 2.14. The molecule has 0 aliphatic rings. The van der Waals surface area contributed by atoms with E-state index in [2.05, 4.69) is 6.92 Å². The summed E-state index contributed by atoms with van der Waals surface area (Å²) in [6, 6.07) is 0. The molecule has 14 heavy (non-hydrogen) atoms. The van der Waals surface area contributed by atoms with E-state index in [4.69, 9.17) is 5.73 Å². The molecular weight excluding hydrogens is 198 g/mol. The summed E-state index contributed by atoms with van der Waals surface area (Å²) < 4.78 is 23.0. The molecule has 0 spiro atoms. The van der Waals surface area contributed by atoms with Crippen LogP contribution in [0.2, 0.25) is 0 Å². The van der Waals surface area contributed by atoms with Crippen molar-refractivity contribution in [1.29, 1.82) is 0 Å². The van der Waals surface area contributed by atoms with Crippen LogP contribution < -0.4 is 5.73 Å². The minimum absolute atomic E-state index is 0.0891. The van der Waals surface area contributed by atoms with Crippen LogP contribution in [0.25, 0.3) is 0 Å². The maximum Gasteiger partial charge on any atom is 0.150 e. The number of rotatable bonds is 8. The molecule has 0 saturated carbocycles. The van der Waals surface area contributed by atoms with Gasteiger partial charge in [0.2, 0.25) is 0 Å². The van der Waals surface area contributed by atoms with Crippen molar-refractivity contribution in [2.45, 2.75) is 39.5 Å². The van der Waals surface area contributed by atoms with E-state index in [1.165, 1.54) is 0 Å². The van der Waals surface area contributed by atoms with Gasteiger partial charge in [-0.2, -0.15) is 0 Å². The molecule has 3 nitrogen and oxygen atoms in total. The normalized spacial score (nSPS) is 14.2. The van der Waals surface area contributed by atoms with Gasteiger partial charge in [-0.1, -0.05) is 33.1 Å². The summed E-state index contributed by atoms with van der Waals surface area (Å²) in [5.74, 6) is 0.665. The van der Waals surface area contributed by atoms with Crippen LogP contribution in [-0.4, -0.2) is 26.5 Å². The van der Waals surface area contributed by atoms with Gasteiger partial charge in [-0.05, 0) is 18.9 Å². The van der Waals surface area contributed by atoms with Crippen molar-refractivity contribution in [3.63, 3.8) is 0 Å². The van der Waals surface area contributed by atoms with Gasteiger partial charge in [0.15, 0.2) is 9.84 Å². The minimum atomic E-state index is -2.85. The van der Waals surface area contributed by atoms with Gasteiger partial charge < -0.3 is 5.73 Å². The number of unbranched alkanes of at least 4 members (excludes halogenated alkanes) is 3. The molecule has 2 N–H and O–H groups in total. The lowest BCUT2D eigenvalue weighted by Gasteiger charge is -2.08. The highest BCUT2D eigenvalue weighted by atomic mass is 32.2. The minimum Gasteiger partial charge on any atom is -0.330 e. The molecule has 0 saturated heterocycles. The van der Waals surface area contributed by atoms with Crippen LogP contribution in [0.3, 0.4) is 0 Å². The first-order valence-corrected chi connectivity index (χ1v) is 7.24. The topological polar surface area (TPSA) is 60.2 Å². The average molecular weight is 221 g/mol. The third-order valence-corrected chi connectivity index (χ3v) is 4.24. The van der Waals surface area contributed by atoms with E-state index in [0.717, 1.165) is 25.7 Å². The van der Waals surface area contributed by atoms with E-state index in [-0.39, 0.29) is 11.7 Å². The van der Waals surface area contributed by atoms with Crippen molar-refractivity contribution in [2.75, 3.05) is 18.1 Å². The molecule has 0 aromatic rings. The molecule has 0 bridgehead atoms.